The molecule has 0 heterocycles. The van der Waals surface area contributed by atoms with Crippen LogP contribution in [0.1, 0.15) is 25.5 Å². The van der Waals surface area contributed by atoms with E-state index in [0.29, 0.717) is 11.3 Å². The van der Waals surface area contributed by atoms with Gasteiger partial charge in [0, 0.05) is 12.1 Å². The predicted molar refractivity (Wildman–Crippen MR) is 73.8 cm³/mol. The van der Waals surface area contributed by atoms with Gasteiger partial charge in [-0.2, -0.15) is 0 Å². The molecule has 0 fully saturated rings. The Kier molecular flexibility index (Phi) is 5.79. The summed E-state index contributed by atoms with van der Waals surface area (Å²) in [4.78, 5) is 11.7. The molecule has 0 aliphatic carbocycles. The minimum absolute atomic E-state index is 0.0587. The largest absolute Gasteiger partial charge is 0.496 e. The van der Waals surface area contributed by atoms with Crippen LogP contribution in [0.4, 0.5) is 0 Å². The molecule has 1 aromatic carbocycles. The second-order valence-corrected chi connectivity index (χ2v) is 4.77. The lowest BCUT2D eigenvalue weighted by Crippen LogP contribution is -2.45. The number of carbonyl (C=O) groups is 1. The zero-order chi connectivity index (χ0) is 14.4. The Morgan fingerprint density at radius 1 is 1.42 bits per heavy atom. The Balaban J connectivity index is 2.60. The molecule has 0 radical (unpaired) electrons. The molecule has 1 unspecified atom stereocenters. The Morgan fingerprint density at radius 3 is 2.63 bits per heavy atom. The first-order valence-corrected chi connectivity index (χ1v) is 6.31. The number of methoxy groups -OCH3 is 1. The average Bonchev–Trinajstić information content (AvgIpc) is 2.43. The van der Waals surface area contributed by atoms with Gasteiger partial charge in [0.05, 0.1) is 19.3 Å². The molecule has 0 bridgehead atoms. The number of para-hydroxylation sites is 1. The maximum Gasteiger partial charge on any atom is 0.237 e. The van der Waals surface area contributed by atoms with Crippen LogP contribution in [0.5, 0.6) is 5.75 Å². The van der Waals surface area contributed by atoms with E-state index in [1.165, 1.54) is 0 Å². The van der Waals surface area contributed by atoms with Gasteiger partial charge in [-0.05, 0) is 12.0 Å². The molecule has 1 aromatic rings. The van der Waals surface area contributed by atoms with E-state index >= 15 is 0 Å². The van der Waals surface area contributed by atoms with E-state index in [2.05, 4.69) is 5.32 Å². The maximum absolute atomic E-state index is 11.7. The van der Waals surface area contributed by atoms with Crippen molar-refractivity contribution >= 4 is 5.91 Å². The van der Waals surface area contributed by atoms with Crippen LogP contribution in [-0.4, -0.2) is 30.7 Å². The molecule has 106 valence electrons. The van der Waals surface area contributed by atoms with Gasteiger partial charge < -0.3 is 20.9 Å². The highest BCUT2D eigenvalue weighted by atomic mass is 16.5. The number of aliphatic hydroxyl groups excluding tert-OH is 1. The Morgan fingerprint density at radius 2 is 2.05 bits per heavy atom. The summed E-state index contributed by atoms with van der Waals surface area (Å²) in [6.07, 6.45) is -0.820. The third kappa shape index (κ3) is 4.22. The summed E-state index contributed by atoms with van der Waals surface area (Å²) in [5.74, 6) is 0.393. The monoisotopic (exact) mass is 266 g/mol. The fraction of sp³-hybridized carbons (Fsp3) is 0.500. The van der Waals surface area contributed by atoms with Gasteiger partial charge in [-0.3, -0.25) is 4.79 Å². The van der Waals surface area contributed by atoms with Crippen molar-refractivity contribution in [3.8, 4) is 5.75 Å². The van der Waals surface area contributed by atoms with E-state index < -0.39 is 12.1 Å². The Hall–Kier alpha value is -1.59. The molecule has 1 amide bonds. The highest BCUT2D eigenvalue weighted by Gasteiger charge is 2.19. The average molecular weight is 266 g/mol. The number of hydrogen-bond acceptors (Lipinski definition) is 4. The first-order chi connectivity index (χ1) is 8.97. The van der Waals surface area contributed by atoms with Crippen molar-refractivity contribution in [1.82, 2.24) is 5.32 Å². The molecular formula is C14H22N2O3. The molecule has 19 heavy (non-hydrogen) atoms. The van der Waals surface area contributed by atoms with Crippen molar-refractivity contribution in [2.24, 2.45) is 11.7 Å². The number of rotatable bonds is 6. The summed E-state index contributed by atoms with van der Waals surface area (Å²) in [7, 11) is 1.54. The fourth-order valence-electron chi connectivity index (χ4n) is 1.67. The van der Waals surface area contributed by atoms with Crippen molar-refractivity contribution in [3.63, 3.8) is 0 Å². The van der Waals surface area contributed by atoms with Crippen LogP contribution >= 0.6 is 0 Å². The van der Waals surface area contributed by atoms with Crippen molar-refractivity contribution in [2.45, 2.75) is 26.0 Å². The molecule has 0 saturated heterocycles. The van der Waals surface area contributed by atoms with Crippen LogP contribution in [0.2, 0.25) is 0 Å². The van der Waals surface area contributed by atoms with Gasteiger partial charge in [0.25, 0.3) is 0 Å². The van der Waals surface area contributed by atoms with Gasteiger partial charge in [0.15, 0.2) is 0 Å². The van der Waals surface area contributed by atoms with Gasteiger partial charge in [-0.1, -0.05) is 32.0 Å². The molecule has 5 nitrogen and oxygen atoms in total. The maximum atomic E-state index is 11.7. The lowest BCUT2D eigenvalue weighted by atomic mass is 10.0. The van der Waals surface area contributed by atoms with Gasteiger partial charge in [-0.15, -0.1) is 0 Å². The standard InChI is InChI=1S/C14H22N2O3/c1-9(2)13(15)14(18)16-8-11(17)10-6-4-5-7-12(10)19-3/h4-7,9,11,13,17H,8,15H2,1-3H3,(H,16,18)/t11?,13-/m0/s1. The highest BCUT2D eigenvalue weighted by Crippen LogP contribution is 2.23. The molecule has 0 aliphatic heterocycles. The van der Waals surface area contributed by atoms with Gasteiger partial charge >= 0.3 is 0 Å². The van der Waals surface area contributed by atoms with Gasteiger partial charge in [-0.25, -0.2) is 0 Å². The molecule has 0 aliphatic rings. The lowest BCUT2D eigenvalue weighted by molar-refractivity contribution is -0.123. The summed E-state index contributed by atoms with van der Waals surface area (Å²) in [5, 5.41) is 12.7. The van der Waals surface area contributed by atoms with E-state index in [1.807, 2.05) is 26.0 Å². The summed E-state index contributed by atoms with van der Waals surface area (Å²) in [5.41, 5.74) is 6.36. The number of amides is 1. The minimum Gasteiger partial charge on any atom is -0.496 e. The van der Waals surface area contributed by atoms with Crippen LogP contribution in [0, 0.1) is 5.92 Å². The number of aliphatic hydroxyl groups is 1. The van der Waals surface area contributed by atoms with Crippen LogP contribution in [-0.2, 0) is 4.79 Å². The molecule has 1 rings (SSSR count). The fourth-order valence-corrected chi connectivity index (χ4v) is 1.67. The smallest absolute Gasteiger partial charge is 0.237 e. The van der Waals surface area contributed by atoms with Crippen LogP contribution < -0.4 is 15.8 Å². The molecule has 0 aromatic heterocycles. The summed E-state index contributed by atoms with van der Waals surface area (Å²) in [6, 6.07) is 6.59. The predicted octanol–water partition coefficient (Wildman–Crippen LogP) is 0.828. The molecule has 2 atom stereocenters. The SMILES string of the molecule is COc1ccccc1C(O)CNC(=O)[C@@H](N)C(C)C. The van der Waals surface area contributed by atoms with E-state index in [0.717, 1.165) is 0 Å². The minimum atomic E-state index is -0.820. The van der Waals surface area contributed by atoms with Gasteiger partial charge in [0.1, 0.15) is 5.75 Å². The lowest BCUT2D eigenvalue weighted by Gasteiger charge is -2.18. The number of nitrogens with two attached hydrogens (primary N) is 1. The first-order valence-electron chi connectivity index (χ1n) is 6.31. The Labute approximate surface area is 113 Å². The van der Waals surface area contributed by atoms with E-state index in [1.54, 1.807) is 19.2 Å². The van der Waals surface area contributed by atoms with Crippen molar-refractivity contribution in [2.75, 3.05) is 13.7 Å². The number of ether oxygens (including phenoxy) is 1. The van der Waals surface area contributed by atoms with Crippen LogP contribution in [0.3, 0.4) is 0 Å². The number of hydrogen-bond donors (Lipinski definition) is 3. The van der Waals surface area contributed by atoms with Crippen molar-refractivity contribution in [3.05, 3.63) is 29.8 Å². The third-order valence-corrected chi connectivity index (χ3v) is 2.99. The molecule has 0 saturated carbocycles. The number of carbonyl (C=O) groups excluding carboxylic acids is 1. The summed E-state index contributed by atoms with van der Waals surface area (Å²) >= 11 is 0. The van der Waals surface area contributed by atoms with Crippen molar-refractivity contribution in [1.29, 1.82) is 0 Å². The number of nitrogens with one attached hydrogen (secondary N) is 1. The number of benzene rings is 1. The second kappa shape index (κ2) is 7.11. The second-order valence-electron chi connectivity index (χ2n) is 4.77. The third-order valence-electron chi connectivity index (χ3n) is 2.99. The van der Waals surface area contributed by atoms with Crippen LogP contribution in [0.25, 0.3) is 0 Å². The van der Waals surface area contributed by atoms with E-state index in [9.17, 15) is 9.90 Å². The molecular weight excluding hydrogens is 244 g/mol. The zero-order valence-electron chi connectivity index (χ0n) is 11.6. The first kappa shape index (κ1) is 15.5. The molecule has 4 N–H and O–H groups in total. The van der Waals surface area contributed by atoms with Gasteiger partial charge in [0.2, 0.25) is 5.91 Å². The van der Waals surface area contributed by atoms with E-state index in [4.69, 9.17) is 10.5 Å². The van der Waals surface area contributed by atoms with Crippen LogP contribution in [0.15, 0.2) is 24.3 Å². The molecule has 0 spiro atoms. The quantitative estimate of drug-likeness (QED) is 0.712. The normalized spacial score (nSPS) is 14.0. The van der Waals surface area contributed by atoms with Crippen molar-refractivity contribution < 1.29 is 14.6 Å². The van der Waals surface area contributed by atoms with E-state index in [-0.39, 0.29) is 18.4 Å². The topological polar surface area (TPSA) is 84.6 Å². The summed E-state index contributed by atoms with van der Waals surface area (Å²) in [6.45, 7) is 3.86. The zero-order valence-corrected chi connectivity index (χ0v) is 11.6. The summed E-state index contributed by atoms with van der Waals surface area (Å²) < 4.78 is 5.16. The Bertz CT molecular complexity index is 421. The molecule has 5 heteroatoms. The highest BCUT2D eigenvalue weighted by molar-refractivity contribution is 5.81.